The third kappa shape index (κ3) is 5.25. The van der Waals surface area contributed by atoms with E-state index < -0.39 is 28.6 Å². The summed E-state index contributed by atoms with van der Waals surface area (Å²) in [7, 11) is -0.884. The number of halogens is 3. The maximum atomic E-state index is 12.9. The molecular formula is C14H20F3NOS. The summed E-state index contributed by atoms with van der Waals surface area (Å²) in [6, 6.07) is 5.19. The van der Waals surface area contributed by atoms with E-state index in [-0.39, 0.29) is 11.6 Å². The lowest BCUT2D eigenvalue weighted by Gasteiger charge is -2.23. The second-order valence-electron chi connectivity index (χ2n) is 4.94. The molecule has 0 spiro atoms. The number of benzene rings is 1. The Morgan fingerprint density at radius 2 is 1.85 bits per heavy atom. The minimum Gasteiger partial charge on any atom is -0.308 e. The molecule has 1 aromatic carbocycles. The van der Waals surface area contributed by atoms with Crippen LogP contribution in [-0.4, -0.2) is 22.3 Å². The zero-order valence-corrected chi connectivity index (χ0v) is 12.6. The molecule has 1 aromatic rings. The minimum atomic E-state index is -4.35. The van der Waals surface area contributed by atoms with Gasteiger partial charge in [-0.1, -0.05) is 18.2 Å². The molecule has 0 radical (unpaired) electrons. The zero-order chi connectivity index (χ0) is 15.3. The molecule has 0 aliphatic heterocycles. The highest BCUT2D eigenvalue weighted by atomic mass is 32.2. The highest BCUT2D eigenvalue weighted by Gasteiger charge is 2.34. The lowest BCUT2D eigenvalue weighted by atomic mass is 10.00. The van der Waals surface area contributed by atoms with Gasteiger partial charge >= 0.3 is 6.18 Å². The third-order valence-corrected chi connectivity index (χ3v) is 3.92. The molecule has 0 amide bonds. The molecule has 0 fully saturated rings. The average Bonchev–Trinajstić information content (AvgIpc) is 2.35. The lowest BCUT2D eigenvalue weighted by molar-refractivity contribution is -0.138. The van der Waals surface area contributed by atoms with Crippen molar-refractivity contribution in [2.24, 2.45) is 0 Å². The van der Waals surface area contributed by atoms with Gasteiger partial charge < -0.3 is 5.32 Å². The fourth-order valence-electron chi connectivity index (χ4n) is 2.08. The molecule has 20 heavy (non-hydrogen) atoms. The van der Waals surface area contributed by atoms with Crippen LogP contribution in [0.25, 0.3) is 0 Å². The zero-order valence-electron chi connectivity index (χ0n) is 11.8. The molecule has 0 aromatic heterocycles. The summed E-state index contributed by atoms with van der Waals surface area (Å²) in [5.41, 5.74) is -0.365. The van der Waals surface area contributed by atoms with Gasteiger partial charge in [0.05, 0.1) is 5.56 Å². The van der Waals surface area contributed by atoms with E-state index in [4.69, 9.17) is 0 Å². The smallest absolute Gasteiger partial charge is 0.308 e. The fourth-order valence-corrected chi connectivity index (χ4v) is 2.76. The molecule has 2 nitrogen and oxygen atoms in total. The van der Waals surface area contributed by atoms with E-state index in [0.717, 1.165) is 6.07 Å². The van der Waals surface area contributed by atoms with Crippen LogP contribution >= 0.6 is 0 Å². The first-order chi connectivity index (χ1) is 9.21. The molecule has 1 N–H and O–H groups in total. The Bertz CT molecular complexity index is 462. The maximum Gasteiger partial charge on any atom is 0.416 e. The molecular weight excluding hydrogens is 287 g/mol. The highest BCUT2D eigenvalue weighted by Crippen LogP contribution is 2.34. The van der Waals surface area contributed by atoms with Crippen LogP contribution in [0.2, 0.25) is 0 Å². The van der Waals surface area contributed by atoms with Gasteiger partial charge in [-0.3, -0.25) is 4.21 Å². The van der Waals surface area contributed by atoms with E-state index in [0.29, 0.717) is 12.2 Å². The van der Waals surface area contributed by atoms with Crippen molar-refractivity contribution in [3.63, 3.8) is 0 Å². The molecule has 0 bridgehead atoms. The summed E-state index contributed by atoms with van der Waals surface area (Å²) in [5, 5.41) is 3.13. The molecule has 114 valence electrons. The predicted octanol–water partition coefficient (Wildman–Crippen LogP) is 3.51. The quantitative estimate of drug-likeness (QED) is 0.871. The Balaban J connectivity index is 2.77. The van der Waals surface area contributed by atoms with Gasteiger partial charge in [0.15, 0.2) is 0 Å². The summed E-state index contributed by atoms with van der Waals surface area (Å²) < 4.78 is 49.8. The Morgan fingerprint density at radius 3 is 2.40 bits per heavy atom. The Kier molecular flexibility index (Phi) is 6.20. The number of alkyl halides is 3. The predicted molar refractivity (Wildman–Crippen MR) is 76.0 cm³/mol. The SMILES string of the molecule is CC(CCS(C)=O)NC(C)c1ccccc1C(F)(F)F. The Hall–Kier alpha value is -0.880. The Morgan fingerprint density at radius 1 is 1.25 bits per heavy atom. The summed E-state index contributed by atoms with van der Waals surface area (Å²) >= 11 is 0. The monoisotopic (exact) mass is 307 g/mol. The average molecular weight is 307 g/mol. The molecule has 1 rings (SSSR count). The summed E-state index contributed by atoms with van der Waals surface area (Å²) in [4.78, 5) is 0. The topological polar surface area (TPSA) is 29.1 Å². The van der Waals surface area contributed by atoms with E-state index in [1.807, 2.05) is 6.92 Å². The van der Waals surface area contributed by atoms with Crippen molar-refractivity contribution in [1.29, 1.82) is 0 Å². The van der Waals surface area contributed by atoms with Crippen molar-refractivity contribution in [3.8, 4) is 0 Å². The van der Waals surface area contributed by atoms with E-state index >= 15 is 0 Å². The van der Waals surface area contributed by atoms with Gasteiger partial charge in [0.1, 0.15) is 0 Å². The van der Waals surface area contributed by atoms with Gasteiger partial charge in [0.2, 0.25) is 0 Å². The standard InChI is InChI=1S/C14H20F3NOS/c1-10(8-9-20(3)19)18-11(2)12-6-4-5-7-13(12)14(15,16)17/h4-7,10-11,18H,8-9H2,1-3H3. The highest BCUT2D eigenvalue weighted by molar-refractivity contribution is 7.84. The normalized spacial score (nSPS) is 16.7. The molecule has 0 aliphatic rings. The van der Waals surface area contributed by atoms with Crippen molar-refractivity contribution < 1.29 is 17.4 Å². The minimum absolute atomic E-state index is 0.00943. The molecule has 3 unspecified atom stereocenters. The van der Waals surface area contributed by atoms with Gasteiger partial charge in [-0.15, -0.1) is 0 Å². The van der Waals surface area contributed by atoms with Gasteiger partial charge in [0.25, 0.3) is 0 Å². The second kappa shape index (κ2) is 7.22. The largest absolute Gasteiger partial charge is 0.416 e. The van der Waals surface area contributed by atoms with Gasteiger partial charge in [-0.2, -0.15) is 13.2 Å². The Labute approximate surface area is 120 Å². The van der Waals surface area contributed by atoms with Crippen molar-refractivity contribution >= 4 is 10.8 Å². The molecule has 3 atom stereocenters. The molecule has 0 heterocycles. The van der Waals surface area contributed by atoms with Crippen molar-refractivity contribution in [3.05, 3.63) is 35.4 Å². The van der Waals surface area contributed by atoms with Crippen LogP contribution in [0.3, 0.4) is 0 Å². The first-order valence-electron chi connectivity index (χ1n) is 6.44. The summed E-state index contributed by atoms with van der Waals surface area (Å²) in [6.45, 7) is 3.60. The van der Waals surface area contributed by atoms with Crippen LogP contribution in [-0.2, 0) is 17.0 Å². The number of nitrogens with one attached hydrogen (secondary N) is 1. The first kappa shape index (κ1) is 17.2. The van der Waals surface area contributed by atoms with Crippen molar-refractivity contribution in [1.82, 2.24) is 5.32 Å². The number of hydrogen-bond donors (Lipinski definition) is 1. The van der Waals surface area contributed by atoms with Gasteiger partial charge in [-0.05, 0) is 31.9 Å². The molecule has 6 heteroatoms. The fraction of sp³-hybridized carbons (Fsp3) is 0.571. The van der Waals surface area contributed by atoms with Gasteiger partial charge in [0, 0.05) is 34.9 Å². The van der Waals surface area contributed by atoms with Crippen molar-refractivity contribution in [2.45, 2.75) is 38.5 Å². The molecule has 0 saturated carbocycles. The second-order valence-corrected chi connectivity index (χ2v) is 6.50. The van der Waals surface area contributed by atoms with Gasteiger partial charge in [-0.25, -0.2) is 0 Å². The van der Waals surface area contributed by atoms with E-state index in [9.17, 15) is 17.4 Å². The van der Waals surface area contributed by atoms with Crippen LogP contribution in [0.15, 0.2) is 24.3 Å². The van der Waals surface area contributed by atoms with Crippen molar-refractivity contribution in [2.75, 3.05) is 12.0 Å². The molecule has 0 aliphatic carbocycles. The number of hydrogen-bond acceptors (Lipinski definition) is 2. The van der Waals surface area contributed by atoms with Crippen LogP contribution in [0.1, 0.15) is 37.4 Å². The van der Waals surface area contributed by atoms with Crippen LogP contribution < -0.4 is 5.32 Å². The van der Waals surface area contributed by atoms with Crippen LogP contribution in [0.5, 0.6) is 0 Å². The lowest BCUT2D eigenvalue weighted by Crippen LogP contribution is -2.31. The van der Waals surface area contributed by atoms with Crippen LogP contribution in [0, 0.1) is 0 Å². The van der Waals surface area contributed by atoms with E-state index in [1.165, 1.54) is 12.1 Å². The summed E-state index contributed by atoms with van der Waals surface area (Å²) in [6.07, 6.45) is -2.06. The molecule has 0 saturated heterocycles. The van der Waals surface area contributed by atoms with E-state index in [1.54, 1.807) is 19.2 Å². The first-order valence-corrected chi connectivity index (χ1v) is 8.16. The summed E-state index contributed by atoms with van der Waals surface area (Å²) in [5.74, 6) is 0.543. The maximum absolute atomic E-state index is 12.9. The van der Waals surface area contributed by atoms with E-state index in [2.05, 4.69) is 5.32 Å². The number of rotatable bonds is 6. The third-order valence-electron chi connectivity index (χ3n) is 3.11. The van der Waals surface area contributed by atoms with Crippen LogP contribution in [0.4, 0.5) is 13.2 Å².